The summed E-state index contributed by atoms with van der Waals surface area (Å²) in [7, 11) is 0. The quantitative estimate of drug-likeness (QED) is 0.750. The Morgan fingerprint density at radius 1 is 1.10 bits per heavy atom. The molecule has 0 bridgehead atoms. The van der Waals surface area contributed by atoms with E-state index in [2.05, 4.69) is 21.6 Å². The molecule has 1 atom stereocenters. The molecule has 2 N–H and O–H groups in total. The van der Waals surface area contributed by atoms with Crippen LogP contribution in [0.2, 0.25) is 0 Å². The van der Waals surface area contributed by atoms with Crippen molar-refractivity contribution in [1.29, 1.82) is 0 Å². The van der Waals surface area contributed by atoms with E-state index in [-0.39, 0.29) is 24.1 Å². The zero-order valence-corrected chi connectivity index (χ0v) is 16.7. The van der Waals surface area contributed by atoms with Gasteiger partial charge in [-0.2, -0.15) is 0 Å². The van der Waals surface area contributed by atoms with Gasteiger partial charge in [0.25, 0.3) is 5.91 Å². The summed E-state index contributed by atoms with van der Waals surface area (Å²) < 4.78 is 0. The Kier molecular flexibility index (Phi) is 4.67. The van der Waals surface area contributed by atoms with Crippen molar-refractivity contribution in [3.63, 3.8) is 0 Å². The number of nitrogens with one attached hydrogen (secondary N) is 2. The van der Waals surface area contributed by atoms with Gasteiger partial charge < -0.3 is 10.2 Å². The van der Waals surface area contributed by atoms with E-state index in [0.717, 1.165) is 31.7 Å². The first-order valence-electron chi connectivity index (χ1n) is 10.8. The summed E-state index contributed by atoms with van der Waals surface area (Å²) in [5, 5.41) is 5.83. The highest BCUT2D eigenvalue weighted by molar-refractivity contribution is 6.05. The molecule has 1 aromatic carbocycles. The van der Waals surface area contributed by atoms with Crippen molar-refractivity contribution in [2.75, 3.05) is 19.6 Å². The molecule has 0 saturated carbocycles. The summed E-state index contributed by atoms with van der Waals surface area (Å²) in [6, 6.07) is 5.65. The number of benzene rings is 1. The lowest BCUT2D eigenvalue weighted by atomic mass is 9.85. The number of carbonyl (C=O) groups is 3. The predicted octanol–water partition coefficient (Wildman–Crippen LogP) is 1.17. The van der Waals surface area contributed by atoms with Gasteiger partial charge in [0.15, 0.2) is 0 Å². The number of hydrogen-bond acceptors (Lipinski definition) is 5. The molecule has 0 aliphatic carbocycles. The molecule has 4 heterocycles. The maximum Gasteiger partial charge on any atom is 0.255 e. The standard InChI is InChI=1S/C22H28N4O3/c27-19-5-4-18(20(28)24-19)26-14-16-3-2-15(12-17(16)21(26)29)13-25-11-1-6-22(25)7-9-23-10-8-22/h2-3,12,18,23H,1,4-11,13-14H2,(H,24,27,28). The highest BCUT2D eigenvalue weighted by atomic mass is 16.2. The molecule has 5 rings (SSSR count). The maximum atomic E-state index is 13.0. The van der Waals surface area contributed by atoms with E-state index in [1.54, 1.807) is 4.90 Å². The minimum absolute atomic E-state index is 0.0886. The topological polar surface area (TPSA) is 81.8 Å². The average molecular weight is 396 g/mol. The van der Waals surface area contributed by atoms with E-state index >= 15 is 0 Å². The van der Waals surface area contributed by atoms with Gasteiger partial charge in [0, 0.05) is 30.6 Å². The van der Waals surface area contributed by atoms with Gasteiger partial charge in [-0.15, -0.1) is 0 Å². The fraction of sp³-hybridized carbons (Fsp3) is 0.591. The summed E-state index contributed by atoms with van der Waals surface area (Å²) in [6.07, 6.45) is 5.59. The van der Waals surface area contributed by atoms with Crippen LogP contribution in [0.4, 0.5) is 0 Å². The van der Waals surface area contributed by atoms with Gasteiger partial charge in [-0.3, -0.25) is 24.6 Å². The largest absolute Gasteiger partial charge is 0.322 e. The number of carbonyl (C=O) groups excluding carboxylic acids is 3. The molecule has 0 aromatic heterocycles. The van der Waals surface area contributed by atoms with Crippen LogP contribution in [-0.4, -0.2) is 58.7 Å². The Labute approximate surface area is 170 Å². The zero-order valence-electron chi connectivity index (χ0n) is 16.7. The fourth-order valence-electron chi connectivity index (χ4n) is 5.62. The molecule has 1 spiro atoms. The molecule has 1 aromatic rings. The first-order chi connectivity index (χ1) is 14.1. The molecular weight excluding hydrogens is 368 g/mol. The highest BCUT2D eigenvalue weighted by Crippen LogP contribution is 2.38. The van der Waals surface area contributed by atoms with Crippen LogP contribution in [0.5, 0.6) is 0 Å². The Morgan fingerprint density at radius 2 is 1.93 bits per heavy atom. The van der Waals surface area contributed by atoms with Gasteiger partial charge in [-0.1, -0.05) is 12.1 Å². The second-order valence-electron chi connectivity index (χ2n) is 8.89. The molecule has 154 valence electrons. The van der Waals surface area contributed by atoms with Crippen molar-refractivity contribution in [2.24, 2.45) is 0 Å². The molecule has 4 aliphatic heterocycles. The lowest BCUT2D eigenvalue weighted by Crippen LogP contribution is -2.52. The van der Waals surface area contributed by atoms with E-state index < -0.39 is 6.04 Å². The average Bonchev–Trinajstić information content (AvgIpc) is 3.24. The normalized spacial score (nSPS) is 26.8. The van der Waals surface area contributed by atoms with E-state index in [9.17, 15) is 14.4 Å². The number of rotatable bonds is 3. The Morgan fingerprint density at radius 3 is 2.72 bits per heavy atom. The van der Waals surface area contributed by atoms with Crippen molar-refractivity contribution in [2.45, 2.75) is 63.2 Å². The van der Waals surface area contributed by atoms with Crippen molar-refractivity contribution in [1.82, 2.24) is 20.4 Å². The van der Waals surface area contributed by atoms with E-state index in [1.165, 1.54) is 31.2 Å². The lowest BCUT2D eigenvalue weighted by molar-refractivity contribution is -0.136. The molecule has 0 radical (unpaired) electrons. The van der Waals surface area contributed by atoms with Crippen LogP contribution in [0.3, 0.4) is 0 Å². The molecule has 3 saturated heterocycles. The number of piperidine rings is 2. The van der Waals surface area contributed by atoms with Crippen molar-refractivity contribution in [3.8, 4) is 0 Å². The number of nitrogens with zero attached hydrogens (tertiary/aromatic N) is 2. The molecular formula is C22H28N4O3. The smallest absolute Gasteiger partial charge is 0.255 e. The minimum Gasteiger partial charge on any atom is -0.322 e. The number of hydrogen-bond donors (Lipinski definition) is 2. The summed E-state index contributed by atoms with van der Waals surface area (Å²) >= 11 is 0. The number of amides is 3. The Bertz CT molecular complexity index is 862. The number of fused-ring (bicyclic) bond motifs is 1. The Hall–Kier alpha value is -2.25. The second kappa shape index (κ2) is 7.22. The van der Waals surface area contributed by atoms with Gasteiger partial charge in [0.05, 0.1) is 0 Å². The summed E-state index contributed by atoms with van der Waals surface area (Å²) in [6.45, 7) is 4.60. The third-order valence-electron chi connectivity index (χ3n) is 7.24. The van der Waals surface area contributed by atoms with Crippen LogP contribution in [-0.2, 0) is 22.7 Å². The van der Waals surface area contributed by atoms with Crippen LogP contribution < -0.4 is 10.6 Å². The van der Waals surface area contributed by atoms with E-state index in [4.69, 9.17) is 0 Å². The molecule has 4 aliphatic rings. The SMILES string of the molecule is O=C1CCC(N2Cc3ccc(CN4CCCC45CCNCC5)cc3C2=O)C(=O)N1. The Balaban J connectivity index is 1.33. The van der Waals surface area contributed by atoms with Crippen LogP contribution in [0, 0.1) is 0 Å². The monoisotopic (exact) mass is 396 g/mol. The van der Waals surface area contributed by atoms with Crippen LogP contribution >= 0.6 is 0 Å². The zero-order chi connectivity index (χ0) is 20.0. The molecule has 29 heavy (non-hydrogen) atoms. The van der Waals surface area contributed by atoms with Gasteiger partial charge in [0.1, 0.15) is 6.04 Å². The highest BCUT2D eigenvalue weighted by Gasteiger charge is 2.42. The van der Waals surface area contributed by atoms with Crippen LogP contribution in [0.25, 0.3) is 0 Å². The van der Waals surface area contributed by atoms with E-state index in [0.29, 0.717) is 24.1 Å². The molecule has 3 fully saturated rings. The van der Waals surface area contributed by atoms with Gasteiger partial charge in [-0.05, 0) is 68.9 Å². The molecule has 7 nitrogen and oxygen atoms in total. The maximum absolute atomic E-state index is 13.0. The fourth-order valence-corrected chi connectivity index (χ4v) is 5.62. The molecule has 1 unspecified atom stereocenters. The first-order valence-corrected chi connectivity index (χ1v) is 10.8. The van der Waals surface area contributed by atoms with E-state index in [1.807, 2.05) is 12.1 Å². The second-order valence-corrected chi connectivity index (χ2v) is 8.89. The van der Waals surface area contributed by atoms with Crippen molar-refractivity contribution in [3.05, 3.63) is 34.9 Å². The summed E-state index contributed by atoms with van der Waals surface area (Å²) in [5.74, 6) is -0.697. The van der Waals surface area contributed by atoms with Crippen molar-refractivity contribution >= 4 is 17.7 Å². The van der Waals surface area contributed by atoms with Gasteiger partial charge in [-0.25, -0.2) is 0 Å². The van der Waals surface area contributed by atoms with Crippen molar-refractivity contribution < 1.29 is 14.4 Å². The number of imide groups is 1. The third kappa shape index (κ3) is 3.26. The summed E-state index contributed by atoms with van der Waals surface area (Å²) in [4.78, 5) is 40.9. The summed E-state index contributed by atoms with van der Waals surface area (Å²) in [5.41, 5.74) is 3.17. The molecule has 7 heteroatoms. The first kappa shape index (κ1) is 18.8. The number of likely N-dealkylation sites (tertiary alicyclic amines) is 1. The van der Waals surface area contributed by atoms with Crippen LogP contribution in [0.15, 0.2) is 18.2 Å². The van der Waals surface area contributed by atoms with Gasteiger partial charge in [0.2, 0.25) is 11.8 Å². The third-order valence-corrected chi connectivity index (χ3v) is 7.24. The predicted molar refractivity (Wildman–Crippen MR) is 107 cm³/mol. The van der Waals surface area contributed by atoms with Gasteiger partial charge >= 0.3 is 0 Å². The molecule has 3 amide bonds. The lowest BCUT2D eigenvalue weighted by Gasteiger charge is -2.42. The van der Waals surface area contributed by atoms with Crippen LogP contribution in [0.1, 0.15) is 60.0 Å². The minimum atomic E-state index is -0.548.